The molecule has 0 radical (unpaired) electrons. The fourth-order valence-corrected chi connectivity index (χ4v) is 2.15. The first-order valence-corrected chi connectivity index (χ1v) is 6.07. The van der Waals surface area contributed by atoms with E-state index in [1.165, 1.54) is 4.68 Å². The lowest BCUT2D eigenvalue weighted by Gasteiger charge is -2.11. The van der Waals surface area contributed by atoms with Crippen molar-refractivity contribution in [3.8, 4) is 0 Å². The van der Waals surface area contributed by atoms with Gasteiger partial charge in [-0.25, -0.2) is 4.68 Å². The molecule has 1 N–H and O–H groups in total. The summed E-state index contributed by atoms with van der Waals surface area (Å²) in [5.74, 6) is -1.36. The van der Waals surface area contributed by atoms with Gasteiger partial charge in [0.2, 0.25) is 0 Å². The smallest absolute Gasteiger partial charge is 0.314 e. The molecule has 18 heavy (non-hydrogen) atoms. The average Bonchev–Trinajstić information content (AvgIpc) is 2.74. The molecule has 1 aromatic heterocycles. The topological polar surface area (TPSA) is 80.9 Å². The second-order valence-corrected chi connectivity index (χ2v) is 4.70. The van der Waals surface area contributed by atoms with Gasteiger partial charge in [-0.15, -0.1) is 5.10 Å². The largest absolute Gasteiger partial charge is 0.481 e. The maximum absolute atomic E-state index is 11.3. The van der Waals surface area contributed by atoms with Crippen molar-refractivity contribution in [1.29, 1.82) is 0 Å². The van der Waals surface area contributed by atoms with Gasteiger partial charge in [0.1, 0.15) is 5.92 Å². The van der Waals surface area contributed by atoms with Crippen LogP contribution in [0.2, 0.25) is 0 Å². The molecule has 0 saturated heterocycles. The maximum atomic E-state index is 11.3. The van der Waals surface area contributed by atoms with Crippen molar-refractivity contribution in [3.63, 3.8) is 0 Å². The van der Waals surface area contributed by atoms with Crippen LogP contribution in [0.5, 0.6) is 0 Å². The number of benzene rings is 1. The molecule has 2 aromatic rings. The SMILES string of the molecule is Cn1nnnc1C(Cc1ccccc1Br)C(=O)O. The molecule has 0 amide bonds. The molecule has 0 bridgehead atoms. The highest BCUT2D eigenvalue weighted by Crippen LogP contribution is 2.24. The third kappa shape index (κ3) is 2.56. The Morgan fingerprint density at radius 3 is 2.78 bits per heavy atom. The predicted molar refractivity (Wildman–Crippen MR) is 67.0 cm³/mol. The lowest BCUT2D eigenvalue weighted by Crippen LogP contribution is -2.19. The van der Waals surface area contributed by atoms with Gasteiger partial charge in [0.25, 0.3) is 0 Å². The highest BCUT2D eigenvalue weighted by Gasteiger charge is 2.26. The zero-order valence-electron chi connectivity index (χ0n) is 9.62. The fourth-order valence-electron chi connectivity index (χ4n) is 1.70. The minimum Gasteiger partial charge on any atom is -0.481 e. The quantitative estimate of drug-likeness (QED) is 0.922. The van der Waals surface area contributed by atoms with E-state index in [-0.39, 0.29) is 0 Å². The van der Waals surface area contributed by atoms with Crippen molar-refractivity contribution < 1.29 is 9.90 Å². The Morgan fingerprint density at radius 2 is 2.22 bits per heavy atom. The number of halogens is 1. The summed E-state index contributed by atoms with van der Waals surface area (Å²) >= 11 is 3.40. The van der Waals surface area contributed by atoms with Gasteiger partial charge >= 0.3 is 5.97 Å². The lowest BCUT2D eigenvalue weighted by atomic mass is 9.99. The van der Waals surface area contributed by atoms with E-state index >= 15 is 0 Å². The number of carboxylic acid groups (broad SMARTS) is 1. The van der Waals surface area contributed by atoms with Crippen LogP contribution in [-0.4, -0.2) is 31.3 Å². The van der Waals surface area contributed by atoms with Crippen LogP contribution in [-0.2, 0) is 18.3 Å². The van der Waals surface area contributed by atoms with Gasteiger partial charge in [-0.2, -0.15) is 0 Å². The number of carbonyl (C=O) groups is 1. The number of hydrogen-bond acceptors (Lipinski definition) is 4. The Morgan fingerprint density at radius 1 is 1.50 bits per heavy atom. The van der Waals surface area contributed by atoms with Gasteiger partial charge in [-0.05, 0) is 28.5 Å². The number of aliphatic carboxylic acids is 1. The molecule has 94 valence electrons. The monoisotopic (exact) mass is 310 g/mol. The second kappa shape index (κ2) is 5.26. The van der Waals surface area contributed by atoms with Crippen molar-refractivity contribution in [2.45, 2.75) is 12.3 Å². The van der Waals surface area contributed by atoms with Gasteiger partial charge < -0.3 is 5.11 Å². The van der Waals surface area contributed by atoms with E-state index in [0.29, 0.717) is 12.2 Å². The molecule has 1 aromatic carbocycles. The number of tetrazole rings is 1. The molecule has 1 unspecified atom stereocenters. The Hall–Kier alpha value is -1.76. The van der Waals surface area contributed by atoms with E-state index in [0.717, 1.165) is 10.0 Å². The third-order valence-corrected chi connectivity index (χ3v) is 3.42. The molecule has 0 spiro atoms. The van der Waals surface area contributed by atoms with Crippen LogP contribution in [0, 0.1) is 0 Å². The van der Waals surface area contributed by atoms with Crippen LogP contribution in [0.15, 0.2) is 28.7 Å². The number of hydrogen-bond donors (Lipinski definition) is 1. The number of nitrogens with zero attached hydrogens (tertiary/aromatic N) is 4. The van der Waals surface area contributed by atoms with Crippen LogP contribution in [0.25, 0.3) is 0 Å². The fraction of sp³-hybridized carbons (Fsp3) is 0.273. The summed E-state index contributed by atoms with van der Waals surface area (Å²) in [5.41, 5.74) is 0.910. The first-order valence-electron chi connectivity index (χ1n) is 5.28. The van der Waals surface area contributed by atoms with Gasteiger partial charge in [-0.3, -0.25) is 4.79 Å². The highest BCUT2D eigenvalue weighted by atomic mass is 79.9. The minimum absolute atomic E-state index is 0.338. The normalized spacial score (nSPS) is 12.3. The molecule has 1 atom stereocenters. The molecule has 6 nitrogen and oxygen atoms in total. The first kappa shape index (κ1) is 12.7. The van der Waals surface area contributed by atoms with Crippen molar-refractivity contribution in [2.75, 3.05) is 0 Å². The molecule has 0 aliphatic heterocycles. The number of carboxylic acids is 1. The van der Waals surface area contributed by atoms with Crippen LogP contribution in [0.1, 0.15) is 17.3 Å². The molecular weight excluding hydrogens is 300 g/mol. The van der Waals surface area contributed by atoms with E-state index in [2.05, 4.69) is 31.5 Å². The Labute approximate surface area is 112 Å². The average molecular weight is 311 g/mol. The molecular formula is C11H11BrN4O2. The van der Waals surface area contributed by atoms with Crippen LogP contribution in [0.3, 0.4) is 0 Å². The zero-order valence-corrected chi connectivity index (χ0v) is 11.2. The van der Waals surface area contributed by atoms with E-state index in [1.54, 1.807) is 7.05 Å². The summed E-state index contributed by atoms with van der Waals surface area (Å²) in [5, 5.41) is 20.2. The number of aromatic nitrogens is 4. The Kier molecular flexibility index (Phi) is 3.71. The maximum Gasteiger partial charge on any atom is 0.314 e. The Bertz CT molecular complexity index is 570. The molecule has 0 saturated carbocycles. The van der Waals surface area contributed by atoms with Crippen molar-refractivity contribution in [1.82, 2.24) is 20.2 Å². The standard InChI is InChI=1S/C11H11BrN4O2/c1-16-10(13-14-15-16)8(11(17)18)6-7-4-2-3-5-9(7)12/h2-5,8H,6H2,1H3,(H,17,18). The molecule has 0 fully saturated rings. The summed E-state index contributed by atoms with van der Waals surface area (Å²) in [7, 11) is 1.63. The van der Waals surface area contributed by atoms with Gasteiger partial charge in [0, 0.05) is 11.5 Å². The number of rotatable bonds is 4. The summed E-state index contributed by atoms with van der Waals surface area (Å²) in [6.07, 6.45) is 0.338. The van der Waals surface area contributed by atoms with Crippen LogP contribution >= 0.6 is 15.9 Å². The Balaban J connectivity index is 2.31. The van der Waals surface area contributed by atoms with E-state index in [1.807, 2.05) is 24.3 Å². The molecule has 2 rings (SSSR count). The van der Waals surface area contributed by atoms with Crippen molar-refractivity contribution >= 4 is 21.9 Å². The second-order valence-electron chi connectivity index (χ2n) is 3.85. The zero-order chi connectivity index (χ0) is 13.1. The summed E-state index contributed by atoms with van der Waals surface area (Å²) in [4.78, 5) is 11.3. The minimum atomic E-state index is -0.941. The third-order valence-electron chi connectivity index (χ3n) is 2.64. The van der Waals surface area contributed by atoms with Crippen LogP contribution < -0.4 is 0 Å². The molecule has 0 aliphatic rings. The van der Waals surface area contributed by atoms with Gasteiger partial charge in [-0.1, -0.05) is 34.1 Å². The lowest BCUT2D eigenvalue weighted by molar-refractivity contribution is -0.139. The first-order chi connectivity index (χ1) is 8.59. The molecule has 7 heteroatoms. The van der Waals surface area contributed by atoms with E-state index < -0.39 is 11.9 Å². The summed E-state index contributed by atoms with van der Waals surface area (Å²) in [6, 6.07) is 7.51. The van der Waals surface area contributed by atoms with E-state index in [4.69, 9.17) is 0 Å². The summed E-state index contributed by atoms with van der Waals surface area (Å²) in [6.45, 7) is 0. The molecule has 1 heterocycles. The van der Waals surface area contributed by atoms with Crippen LogP contribution in [0.4, 0.5) is 0 Å². The van der Waals surface area contributed by atoms with Gasteiger partial charge in [0.05, 0.1) is 0 Å². The van der Waals surface area contributed by atoms with E-state index in [9.17, 15) is 9.90 Å². The predicted octanol–water partition coefficient (Wildman–Crippen LogP) is 1.38. The van der Waals surface area contributed by atoms with Crippen molar-refractivity contribution in [3.05, 3.63) is 40.1 Å². The highest BCUT2D eigenvalue weighted by molar-refractivity contribution is 9.10. The number of aryl methyl sites for hydroxylation is 1. The summed E-state index contributed by atoms with van der Waals surface area (Å²) < 4.78 is 2.27. The van der Waals surface area contributed by atoms with Crippen molar-refractivity contribution in [2.24, 2.45) is 7.05 Å². The molecule has 0 aliphatic carbocycles. The van der Waals surface area contributed by atoms with Gasteiger partial charge in [0.15, 0.2) is 5.82 Å².